The Labute approximate surface area is 170 Å². The van der Waals surface area contributed by atoms with Crippen LogP contribution in [0.5, 0.6) is 0 Å². The van der Waals surface area contributed by atoms with E-state index in [-0.39, 0.29) is 5.56 Å². The van der Waals surface area contributed by atoms with Crippen molar-refractivity contribution in [1.29, 1.82) is 0 Å². The molecule has 136 valence electrons. The third kappa shape index (κ3) is 2.80. The highest BCUT2D eigenvalue weighted by atomic mass is 79.9. The number of amides is 1. The third-order valence-corrected chi connectivity index (χ3v) is 6.05. The number of benzene rings is 3. The standard InChI is InChI=1S/C21H11BrN2O3S/c22-15-6-3-7-17-18(15)23-21(28-17)24-19(25)14-10-13-12-5-2-1-4-11(12)8-9-16(13)27-20(14)26/h1-10H,(H,23,24,25). The van der Waals surface area contributed by atoms with Gasteiger partial charge in [0.2, 0.25) is 0 Å². The highest BCUT2D eigenvalue weighted by Crippen LogP contribution is 2.31. The number of para-hydroxylation sites is 1. The summed E-state index contributed by atoms with van der Waals surface area (Å²) in [6, 6.07) is 18.7. The maximum Gasteiger partial charge on any atom is 0.349 e. The number of thiazole rings is 1. The Hall–Kier alpha value is -3.03. The lowest BCUT2D eigenvalue weighted by Crippen LogP contribution is -2.20. The summed E-state index contributed by atoms with van der Waals surface area (Å²) in [5.41, 5.74) is 0.480. The lowest BCUT2D eigenvalue weighted by molar-refractivity contribution is 0.102. The predicted molar refractivity (Wildman–Crippen MR) is 115 cm³/mol. The lowest BCUT2D eigenvalue weighted by atomic mass is 10.0. The summed E-state index contributed by atoms with van der Waals surface area (Å²) in [6.45, 7) is 0. The van der Waals surface area contributed by atoms with E-state index in [2.05, 4.69) is 26.2 Å². The van der Waals surface area contributed by atoms with Gasteiger partial charge in [-0.05, 0) is 51.0 Å². The molecule has 7 heteroatoms. The number of hydrogen-bond donors (Lipinski definition) is 1. The van der Waals surface area contributed by atoms with Gasteiger partial charge in [-0.2, -0.15) is 0 Å². The van der Waals surface area contributed by atoms with Crippen LogP contribution in [0.2, 0.25) is 0 Å². The van der Waals surface area contributed by atoms with Crippen LogP contribution in [-0.2, 0) is 0 Å². The van der Waals surface area contributed by atoms with E-state index < -0.39 is 11.5 Å². The molecule has 3 aromatic carbocycles. The Kier molecular flexibility index (Phi) is 3.99. The van der Waals surface area contributed by atoms with Crippen molar-refractivity contribution in [3.63, 3.8) is 0 Å². The summed E-state index contributed by atoms with van der Waals surface area (Å²) < 4.78 is 7.17. The fraction of sp³-hybridized carbons (Fsp3) is 0. The highest BCUT2D eigenvalue weighted by molar-refractivity contribution is 9.10. The van der Waals surface area contributed by atoms with Gasteiger partial charge in [0.25, 0.3) is 5.91 Å². The van der Waals surface area contributed by atoms with E-state index in [4.69, 9.17) is 4.42 Å². The molecule has 0 aliphatic carbocycles. The van der Waals surface area contributed by atoms with Gasteiger partial charge in [-0.15, -0.1) is 0 Å². The number of carbonyl (C=O) groups is 1. The number of fused-ring (bicyclic) bond motifs is 4. The summed E-state index contributed by atoms with van der Waals surface area (Å²) in [5, 5.41) is 5.78. The molecule has 2 aromatic heterocycles. The largest absolute Gasteiger partial charge is 0.422 e. The van der Waals surface area contributed by atoms with Crippen LogP contribution >= 0.6 is 27.3 Å². The van der Waals surface area contributed by atoms with Gasteiger partial charge in [0.1, 0.15) is 11.1 Å². The first-order chi connectivity index (χ1) is 13.6. The molecule has 1 amide bonds. The predicted octanol–water partition coefficient (Wildman–Crippen LogP) is 5.57. The molecule has 0 fully saturated rings. The molecule has 0 spiro atoms. The number of hydrogen-bond acceptors (Lipinski definition) is 5. The normalized spacial score (nSPS) is 11.3. The van der Waals surface area contributed by atoms with Gasteiger partial charge in [0.05, 0.1) is 10.2 Å². The molecule has 2 heterocycles. The number of aromatic nitrogens is 1. The summed E-state index contributed by atoms with van der Waals surface area (Å²) in [6.07, 6.45) is 0. The summed E-state index contributed by atoms with van der Waals surface area (Å²) in [4.78, 5) is 29.6. The average molecular weight is 451 g/mol. The first-order valence-electron chi connectivity index (χ1n) is 8.42. The Bertz CT molecular complexity index is 1460. The Morgan fingerprint density at radius 2 is 1.89 bits per heavy atom. The topological polar surface area (TPSA) is 72.2 Å². The van der Waals surface area contributed by atoms with Crippen LogP contribution in [0.25, 0.3) is 32.0 Å². The van der Waals surface area contributed by atoms with Gasteiger partial charge in [0, 0.05) is 9.86 Å². The van der Waals surface area contributed by atoms with Crippen LogP contribution < -0.4 is 10.9 Å². The van der Waals surface area contributed by atoms with Crippen LogP contribution in [-0.4, -0.2) is 10.9 Å². The second-order valence-electron chi connectivity index (χ2n) is 6.21. The fourth-order valence-electron chi connectivity index (χ4n) is 3.16. The second kappa shape index (κ2) is 6.54. The van der Waals surface area contributed by atoms with Gasteiger partial charge < -0.3 is 4.42 Å². The number of nitrogens with one attached hydrogen (secondary N) is 1. The van der Waals surface area contributed by atoms with Crippen LogP contribution in [0.3, 0.4) is 0 Å². The smallest absolute Gasteiger partial charge is 0.349 e. The molecule has 0 saturated carbocycles. The summed E-state index contributed by atoms with van der Waals surface area (Å²) >= 11 is 4.79. The molecule has 28 heavy (non-hydrogen) atoms. The van der Waals surface area contributed by atoms with Crippen molar-refractivity contribution < 1.29 is 9.21 Å². The zero-order valence-electron chi connectivity index (χ0n) is 14.2. The summed E-state index contributed by atoms with van der Waals surface area (Å²) in [5.74, 6) is -0.543. The maximum absolute atomic E-state index is 12.8. The van der Waals surface area contributed by atoms with Gasteiger partial charge in [-0.1, -0.05) is 47.7 Å². The Morgan fingerprint density at radius 3 is 2.75 bits per heavy atom. The monoisotopic (exact) mass is 450 g/mol. The number of nitrogens with zero attached hydrogens (tertiary/aromatic N) is 1. The van der Waals surface area contributed by atoms with E-state index >= 15 is 0 Å². The van der Waals surface area contributed by atoms with Crippen molar-refractivity contribution in [2.45, 2.75) is 0 Å². The molecule has 0 atom stereocenters. The van der Waals surface area contributed by atoms with Crippen molar-refractivity contribution in [3.8, 4) is 0 Å². The van der Waals surface area contributed by atoms with Crippen molar-refractivity contribution in [2.75, 3.05) is 5.32 Å². The Morgan fingerprint density at radius 1 is 1.04 bits per heavy atom. The molecule has 0 aliphatic rings. The molecular weight excluding hydrogens is 440 g/mol. The molecule has 0 saturated heterocycles. The van der Waals surface area contributed by atoms with E-state index in [1.54, 1.807) is 12.1 Å². The minimum Gasteiger partial charge on any atom is -0.422 e. The molecule has 5 nitrogen and oxygen atoms in total. The van der Waals surface area contributed by atoms with E-state index in [9.17, 15) is 9.59 Å². The fourth-order valence-corrected chi connectivity index (χ4v) is 4.64. The van der Waals surface area contributed by atoms with E-state index in [0.717, 1.165) is 30.8 Å². The van der Waals surface area contributed by atoms with Gasteiger partial charge >= 0.3 is 5.63 Å². The molecule has 5 rings (SSSR count). The summed E-state index contributed by atoms with van der Waals surface area (Å²) in [7, 11) is 0. The van der Waals surface area contributed by atoms with E-state index in [0.29, 0.717) is 10.7 Å². The van der Waals surface area contributed by atoms with Gasteiger partial charge in [-0.3, -0.25) is 10.1 Å². The van der Waals surface area contributed by atoms with Crippen molar-refractivity contribution in [3.05, 3.63) is 81.1 Å². The molecule has 1 N–H and O–H groups in total. The average Bonchev–Trinajstić information content (AvgIpc) is 3.11. The quantitative estimate of drug-likeness (QED) is 0.281. The first-order valence-corrected chi connectivity index (χ1v) is 10.0. The Balaban J connectivity index is 1.60. The molecule has 0 radical (unpaired) electrons. The minimum absolute atomic E-state index is 0.0535. The molecule has 5 aromatic rings. The third-order valence-electron chi connectivity index (χ3n) is 4.48. The maximum atomic E-state index is 12.8. The number of halogens is 1. The van der Waals surface area contributed by atoms with Crippen molar-refractivity contribution in [2.24, 2.45) is 0 Å². The number of carbonyl (C=O) groups excluding carboxylic acids is 1. The van der Waals surface area contributed by atoms with E-state index in [1.165, 1.54) is 11.3 Å². The lowest BCUT2D eigenvalue weighted by Gasteiger charge is -2.05. The molecule has 0 bridgehead atoms. The first kappa shape index (κ1) is 17.1. The minimum atomic E-state index is -0.678. The van der Waals surface area contributed by atoms with Crippen LogP contribution in [0.4, 0.5) is 5.13 Å². The van der Waals surface area contributed by atoms with Crippen molar-refractivity contribution >= 4 is 70.3 Å². The van der Waals surface area contributed by atoms with Crippen LogP contribution in [0.15, 0.2) is 74.3 Å². The van der Waals surface area contributed by atoms with Gasteiger partial charge in [-0.25, -0.2) is 9.78 Å². The van der Waals surface area contributed by atoms with Gasteiger partial charge in [0.15, 0.2) is 5.13 Å². The number of rotatable bonds is 2. The van der Waals surface area contributed by atoms with E-state index in [1.807, 2.05) is 48.5 Å². The molecule has 0 aliphatic heterocycles. The number of anilines is 1. The van der Waals surface area contributed by atoms with Crippen LogP contribution in [0.1, 0.15) is 10.4 Å². The zero-order chi connectivity index (χ0) is 19.3. The SMILES string of the molecule is O=C(Nc1nc2c(Br)cccc2s1)c1cc2c(ccc3ccccc32)oc1=O. The van der Waals surface area contributed by atoms with Crippen molar-refractivity contribution in [1.82, 2.24) is 4.98 Å². The second-order valence-corrected chi connectivity index (χ2v) is 8.09. The highest BCUT2D eigenvalue weighted by Gasteiger charge is 2.17. The zero-order valence-corrected chi connectivity index (χ0v) is 16.6. The molecule has 0 unspecified atom stereocenters. The molecular formula is C21H11BrN2O3S. The van der Waals surface area contributed by atoms with Crippen LogP contribution in [0, 0.1) is 0 Å².